The molecule has 142 valence electrons. The third-order valence-electron chi connectivity index (χ3n) is 4.53. The van der Waals surface area contributed by atoms with Crippen molar-refractivity contribution in [2.75, 3.05) is 19.3 Å². The zero-order valence-electron chi connectivity index (χ0n) is 16.1. The number of benzene rings is 1. The summed E-state index contributed by atoms with van der Waals surface area (Å²) in [4.78, 5) is 0. The molecule has 0 amide bonds. The first kappa shape index (κ1) is 20.7. The molecule has 2 rings (SSSR count). The standard InChI is InChI=1S/C18H32NO4PSi/c1-21-24(20,22-2)18(16-12-8-6-9-13-16)19(23-25(3,4)5)17-14-10-7-11-15-17/h7,10-11,14-16,18H,6,8-9,12-13H2,1-5H3. The molecule has 0 bridgehead atoms. The van der Waals surface area contributed by atoms with Crippen LogP contribution in [0.1, 0.15) is 32.1 Å². The summed E-state index contributed by atoms with van der Waals surface area (Å²) in [6.45, 7) is 6.39. The fourth-order valence-electron chi connectivity index (χ4n) is 3.43. The first-order valence-electron chi connectivity index (χ1n) is 9.05. The third kappa shape index (κ3) is 5.41. The van der Waals surface area contributed by atoms with Gasteiger partial charge in [-0.15, -0.1) is 0 Å². The van der Waals surface area contributed by atoms with E-state index in [2.05, 4.69) is 19.6 Å². The molecule has 1 unspecified atom stereocenters. The first-order valence-corrected chi connectivity index (χ1v) is 14.1. The Bertz CT molecular complexity index is 564. The van der Waals surface area contributed by atoms with E-state index in [0.717, 1.165) is 31.4 Å². The van der Waals surface area contributed by atoms with Gasteiger partial charge in [-0.05, 0) is 50.5 Å². The predicted molar refractivity (Wildman–Crippen MR) is 105 cm³/mol. The topological polar surface area (TPSA) is 48.0 Å². The van der Waals surface area contributed by atoms with Crippen LogP contribution in [0.25, 0.3) is 0 Å². The Morgan fingerprint density at radius 2 is 1.60 bits per heavy atom. The van der Waals surface area contributed by atoms with Crippen LogP contribution in [-0.2, 0) is 18.1 Å². The maximum atomic E-state index is 13.5. The van der Waals surface area contributed by atoms with Crippen molar-refractivity contribution in [2.45, 2.75) is 57.5 Å². The molecule has 1 aromatic carbocycles. The maximum absolute atomic E-state index is 13.5. The maximum Gasteiger partial charge on any atom is 0.355 e. The summed E-state index contributed by atoms with van der Waals surface area (Å²) in [5, 5.41) is 1.84. The second kappa shape index (κ2) is 8.83. The van der Waals surface area contributed by atoms with Crippen molar-refractivity contribution in [1.29, 1.82) is 0 Å². The molecule has 1 aliphatic rings. The molecule has 25 heavy (non-hydrogen) atoms. The lowest BCUT2D eigenvalue weighted by molar-refractivity contribution is 0.172. The van der Waals surface area contributed by atoms with Crippen LogP contribution in [0.15, 0.2) is 30.3 Å². The zero-order valence-corrected chi connectivity index (χ0v) is 18.0. The summed E-state index contributed by atoms with van der Waals surface area (Å²) in [5.74, 6) is -0.215. The lowest BCUT2D eigenvalue weighted by Gasteiger charge is -2.43. The van der Waals surface area contributed by atoms with E-state index in [1.165, 1.54) is 20.6 Å². The lowest BCUT2D eigenvalue weighted by atomic mass is 9.89. The molecule has 7 heteroatoms. The zero-order chi connectivity index (χ0) is 18.5. The third-order valence-corrected chi connectivity index (χ3v) is 7.57. The average Bonchev–Trinajstić information content (AvgIpc) is 2.61. The van der Waals surface area contributed by atoms with Gasteiger partial charge >= 0.3 is 7.60 Å². The van der Waals surface area contributed by atoms with E-state index in [4.69, 9.17) is 13.6 Å². The molecule has 5 nitrogen and oxygen atoms in total. The van der Waals surface area contributed by atoms with E-state index < -0.39 is 21.7 Å². The molecular formula is C18H32NO4PSi. The lowest BCUT2D eigenvalue weighted by Crippen LogP contribution is -2.47. The van der Waals surface area contributed by atoms with Gasteiger partial charge in [0, 0.05) is 14.2 Å². The Hall–Kier alpha value is -0.653. The molecule has 0 saturated heterocycles. The summed E-state index contributed by atoms with van der Waals surface area (Å²) in [6, 6.07) is 9.89. The quantitative estimate of drug-likeness (QED) is 0.329. The molecule has 1 atom stereocenters. The molecule has 0 N–H and O–H groups in total. The first-order chi connectivity index (χ1) is 11.8. The van der Waals surface area contributed by atoms with Crippen LogP contribution in [0, 0.1) is 5.92 Å². The molecular weight excluding hydrogens is 353 g/mol. The van der Waals surface area contributed by atoms with Gasteiger partial charge in [-0.1, -0.05) is 37.5 Å². The second-order valence-electron chi connectivity index (χ2n) is 7.58. The molecule has 1 aliphatic carbocycles. The number of rotatable bonds is 8. The fourth-order valence-corrected chi connectivity index (χ4v) is 6.16. The van der Waals surface area contributed by atoms with E-state index in [-0.39, 0.29) is 5.92 Å². The number of hydrogen-bond acceptors (Lipinski definition) is 5. The van der Waals surface area contributed by atoms with Crippen molar-refractivity contribution in [3.63, 3.8) is 0 Å². The smallest absolute Gasteiger partial charge is 0.319 e. The van der Waals surface area contributed by atoms with E-state index in [1.54, 1.807) is 0 Å². The monoisotopic (exact) mass is 385 g/mol. The van der Waals surface area contributed by atoms with E-state index in [0.29, 0.717) is 0 Å². The number of anilines is 1. The van der Waals surface area contributed by atoms with Gasteiger partial charge in [0.25, 0.3) is 0 Å². The van der Waals surface area contributed by atoms with Crippen LogP contribution >= 0.6 is 7.60 Å². The Balaban J connectivity index is 2.49. The van der Waals surface area contributed by atoms with Crippen LogP contribution in [0.3, 0.4) is 0 Å². The number of hydrogen-bond donors (Lipinski definition) is 0. The Kier molecular flexibility index (Phi) is 7.29. The predicted octanol–water partition coefficient (Wildman–Crippen LogP) is 5.65. The van der Waals surface area contributed by atoms with Crippen LogP contribution in [-0.4, -0.2) is 28.3 Å². The minimum absolute atomic E-state index is 0.219. The van der Waals surface area contributed by atoms with E-state index >= 15 is 0 Å². The van der Waals surface area contributed by atoms with Crippen LogP contribution in [0.4, 0.5) is 5.69 Å². The van der Waals surface area contributed by atoms with Gasteiger partial charge in [-0.3, -0.25) is 9.63 Å². The summed E-state index contributed by atoms with van der Waals surface area (Å²) < 4.78 is 30.8. The van der Waals surface area contributed by atoms with Crippen molar-refractivity contribution >= 4 is 21.6 Å². The Morgan fingerprint density at radius 3 is 2.08 bits per heavy atom. The Labute approximate surface area is 153 Å². The van der Waals surface area contributed by atoms with Crippen molar-refractivity contribution in [1.82, 2.24) is 0 Å². The fraction of sp³-hybridized carbons (Fsp3) is 0.667. The molecule has 0 radical (unpaired) electrons. The molecule has 0 heterocycles. The second-order valence-corrected chi connectivity index (χ2v) is 14.3. The van der Waals surface area contributed by atoms with Gasteiger partial charge in [0.15, 0.2) is 5.78 Å². The molecule has 1 fully saturated rings. The van der Waals surface area contributed by atoms with Gasteiger partial charge in [0.05, 0.1) is 5.69 Å². The minimum Gasteiger partial charge on any atom is -0.319 e. The van der Waals surface area contributed by atoms with E-state index in [9.17, 15) is 4.57 Å². The van der Waals surface area contributed by atoms with Crippen molar-refractivity contribution in [3.05, 3.63) is 30.3 Å². The van der Waals surface area contributed by atoms with Gasteiger partial charge < -0.3 is 13.6 Å². The summed E-state index contributed by atoms with van der Waals surface area (Å²) in [6.07, 6.45) is 5.54. The average molecular weight is 386 g/mol. The molecule has 1 saturated carbocycles. The van der Waals surface area contributed by atoms with Crippen LogP contribution in [0.2, 0.25) is 19.6 Å². The SMILES string of the molecule is COP(=O)(OC)C(C1CCCCC1)N(O[Si](C)(C)C)c1ccccc1. The molecule has 0 aromatic heterocycles. The van der Waals surface area contributed by atoms with Crippen molar-refractivity contribution in [2.24, 2.45) is 5.92 Å². The van der Waals surface area contributed by atoms with Gasteiger partial charge in [0.1, 0.15) is 0 Å². The Morgan fingerprint density at radius 1 is 1.04 bits per heavy atom. The van der Waals surface area contributed by atoms with Gasteiger partial charge in [0.2, 0.25) is 8.32 Å². The molecule has 0 spiro atoms. The van der Waals surface area contributed by atoms with E-state index in [1.807, 2.05) is 35.4 Å². The number of para-hydroxylation sites is 1. The summed E-state index contributed by atoms with van der Waals surface area (Å²) >= 11 is 0. The highest BCUT2D eigenvalue weighted by Crippen LogP contribution is 2.58. The largest absolute Gasteiger partial charge is 0.355 e. The van der Waals surface area contributed by atoms with Gasteiger partial charge in [-0.25, -0.2) is 0 Å². The van der Waals surface area contributed by atoms with Crippen LogP contribution in [0.5, 0.6) is 0 Å². The molecule has 1 aromatic rings. The minimum atomic E-state index is -3.34. The highest BCUT2D eigenvalue weighted by Gasteiger charge is 2.46. The van der Waals surface area contributed by atoms with Crippen molar-refractivity contribution in [3.8, 4) is 0 Å². The highest BCUT2D eigenvalue weighted by molar-refractivity contribution is 7.54. The highest BCUT2D eigenvalue weighted by atomic mass is 31.2. The van der Waals surface area contributed by atoms with Gasteiger partial charge in [-0.2, -0.15) is 0 Å². The summed E-state index contributed by atoms with van der Waals surface area (Å²) in [5.41, 5.74) is 0.898. The molecule has 0 aliphatic heterocycles. The number of hydroxylamine groups is 1. The normalized spacial score (nSPS) is 18.1. The van der Waals surface area contributed by atoms with Crippen molar-refractivity contribution < 1.29 is 18.1 Å². The number of nitrogens with zero attached hydrogens (tertiary/aromatic N) is 1. The summed E-state index contributed by atoms with van der Waals surface area (Å²) in [7, 11) is -2.34. The van der Waals surface area contributed by atoms with Crippen LogP contribution < -0.4 is 5.06 Å².